The van der Waals surface area contributed by atoms with Crippen LogP contribution in [0.4, 0.5) is 26.3 Å². The SMILES string of the molecule is C=C(C)C(=O)OC[C@@H](C)CC(O)(C(F)(F)F)C(F)(F)F. The molecule has 0 bridgehead atoms. The van der Waals surface area contributed by atoms with Crippen LogP contribution in [-0.4, -0.2) is 35.6 Å². The molecule has 0 aliphatic heterocycles. The minimum absolute atomic E-state index is 0.0425. The quantitative estimate of drug-likeness (QED) is 0.482. The second kappa shape index (κ2) is 6.02. The summed E-state index contributed by atoms with van der Waals surface area (Å²) in [5.74, 6) is -2.29. The molecule has 0 aromatic carbocycles. The monoisotopic (exact) mass is 308 g/mol. The van der Waals surface area contributed by atoms with E-state index in [1.807, 2.05) is 0 Å². The number of aliphatic hydroxyl groups is 1. The third-order valence-electron chi connectivity index (χ3n) is 2.43. The first-order valence-corrected chi connectivity index (χ1v) is 5.41. The second-order valence-electron chi connectivity index (χ2n) is 4.54. The molecule has 0 aromatic rings. The molecule has 0 unspecified atom stereocenters. The van der Waals surface area contributed by atoms with Gasteiger partial charge < -0.3 is 9.84 Å². The Kier molecular flexibility index (Phi) is 5.65. The lowest BCUT2D eigenvalue weighted by Gasteiger charge is -2.34. The predicted octanol–water partition coefficient (Wildman–Crippen LogP) is 2.99. The summed E-state index contributed by atoms with van der Waals surface area (Å²) in [6.45, 7) is 4.77. The van der Waals surface area contributed by atoms with Crippen LogP contribution in [0.2, 0.25) is 0 Å². The fourth-order valence-electron chi connectivity index (χ4n) is 1.30. The summed E-state index contributed by atoms with van der Waals surface area (Å²) in [6, 6.07) is 0. The van der Waals surface area contributed by atoms with Crippen molar-refractivity contribution in [1.29, 1.82) is 0 Å². The highest BCUT2D eigenvalue weighted by Crippen LogP contribution is 2.46. The molecule has 0 amide bonds. The molecule has 3 nitrogen and oxygen atoms in total. The smallest absolute Gasteiger partial charge is 0.426 e. The molecule has 0 aromatic heterocycles. The number of hydrogen-bond acceptors (Lipinski definition) is 3. The largest absolute Gasteiger partial charge is 0.462 e. The predicted molar refractivity (Wildman–Crippen MR) is 56.6 cm³/mol. The minimum Gasteiger partial charge on any atom is -0.462 e. The van der Waals surface area contributed by atoms with Crippen molar-refractivity contribution in [2.75, 3.05) is 6.61 Å². The van der Waals surface area contributed by atoms with E-state index in [-0.39, 0.29) is 5.57 Å². The van der Waals surface area contributed by atoms with Crippen LogP contribution in [0, 0.1) is 5.92 Å². The van der Waals surface area contributed by atoms with Crippen LogP contribution in [0.5, 0.6) is 0 Å². The second-order valence-corrected chi connectivity index (χ2v) is 4.54. The van der Waals surface area contributed by atoms with E-state index in [0.29, 0.717) is 0 Å². The molecule has 1 atom stereocenters. The number of carbonyl (C=O) groups excluding carboxylic acids is 1. The van der Waals surface area contributed by atoms with Gasteiger partial charge in [-0.15, -0.1) is 0 Å². The molecular formula is C11H14F6O3. The number of ether oxygens (including phenoxy) is 1. The summed E-state index contributed by atoms with van der Waals surface area (Å²) in [7, 11) is 0. The Hall–Kier alpha value is -1.25. The number of rotatable bonds is 5. The molecule has 9 heteroatoms. The number of halogens is 6. The van der Waals surface area contributed by atoms with Crippen molar-refractivity contribution in [3.63, 3.8) is 0 Å². The first kappa shape index (κ1) is 18.8. The zero-order valence-corrected chi connectivity index (χ0v) is 10.7. The Balaban J connectivity index is 4.87. The highest BCUT2D eigenvalue weighted by molar-refractivity contribution is 5.86. The van der Waals surface area contributed by atoms with Gasteiger partial charge in [0.1, 0.15) is 0 Å². The zero-order valence-electron chi connectivity index (χ0n) is 10.7. The van der Waals surface area contributed by atoms with Crippen LogP contribution in [0.1, 0.15) is 20.3 Å². The van der Waals surface area contributed by atoms with Crippen molar-refractivity contribution in [3.8, 4) is 0 Å². The summed E-state index contributed by atoms with van der Waals surface area (Å²) in [5.41, 5.74) is -4.88. The van der Waals surface area contributed by atoms with Gasteiger partial charge in [-0.3, -0.25) is 0 Å². The Morgan fingerprint density at radius 1 is 1.20 bits per heavy atom. The Morgan fingerprint density at radius 3 is 1.90 bits per heavy atom. The number of alkyl halides is 6. The molecule has 20 heavy (non-hydrogen) atoms. The van der Waals surface area contributed by atoms with Gasteiger partial charge >= 0.3 is 18.3 Å². The fourth-order valence-corrected chi connectivity index (χ4v) is 1.30. The van der Waals surface area contributed by atoms with Crippen molar-refractivity contribution in [1.82, 2.24) is 0 Å². The maximum absolute atomic E-state index is 12.4. The van der Waals surface area contributed by atoms with Crippen molar-refractivity contribution in [2.24, 2.45) is 5.92 Å². The summed E-state index contributed by atoms with van der Waals surface area (Å²) in [5, 5.41) is 8.92. The summed E-state index contributed by atoms with van der Waals surface area (Å²) in [6.07, 6.45) is -13.4. The van der Waals surface area contributed by atoms with E-state index in [1.54, 1.807) is 0 Å². The highest BCUT2D eigenvalue weighted by atomic mass is 19.4. The van der Waals surface area contributed by atoms with E-state index in [1.165, 1.54) is 6.92 Å². The van der Waals surface area contributed by atoms with Gasteiger partial charge in [0, 0.05) is 12.0 Å². The molecule has 0 spiro atoms. The third kappa shape index (κ3) is 4.39. The topological polar surface area (TPSA) is 46.5 Å². The molecule has 0 heterocycles. The van der Waals surface area contributed by atoms with E-state index in [9.17, 15) is 31.1 Å². The molecule has 1 N–H and O–H groups in total. The average molecular weight is 308 g/mol. The summed E-state index contributed by atoms with van der Waals surface area (Å²) < 4.78 is 78.8. The maximum Gasteiger partial charge on any atom is 0.426 e. The Bertz CT molecular complexity index is 357. The van der Waals surface area contributed by atoms with Crippen molar-refractivity contribution < 1.29 is 41.0 Å². The number of carbonyl (C=O) groups is 1. The fraction of sp³-hybridized carbons (Fsp3) is 0.727. The van der Waals surface area contributed by atoms with Crippen LogP contribution in [0.15, 0.2) is 12.2 Å². The molecule has 0 saturated carbocycles. The molecular weight excluding hydrogens is 294 g/mol. The lowest BCUT2D eigenvalue weighted by molar-refractivity contribution is -0.372. The van der Waals surface area contributed by atoms with Gasteiger partial charge in [-0.25, -0.2) is 4.79 Å². The zero-order chi connectivity index (χ0) is 16.4. The van der Waals surface area contributed by atoms with Crippen LogP contribution in [0.25, 0.3) is 0 Å². The number of esters is 1. The van der Waals surface area contributed by atoms with Gasteiger partial charge in [0.05, 0.1) is 6.61 Å². The highest BCUT2D eigenvalue weighted by Gasteiger charge is 2.70. The summed E-state index contributed by atoms with van der Waals surface area (Å²) in [4.78, 5) is 11.0. The van der Waals surface area contributed by atoms with Crippen molar-refractivity contribution in [2.45, 2.75) is 38.2 Å². The van der Waals surface area contributed by atoms with E-state index in [2.05, 4.69) is 11.3 Å². The first-order chi connectivity index (χ1) is 8.72. The van der Waals surface area contributed by atoms with Crippen LogP contribution in [0.3, 0.4) is 0 Å². The third-order valence-corrected chi connectivity index (χ3v) is 2.43. The van der Waals surface area contributed by atoms with E-state index in [0.717, 1.165) is 6.92 Å². The van der Waals surface area contributed by atoms with E-state index >= 15 is 0 Å². The molecule has 0 rings (SSSR count). The van der Waals surface area contributed by atoms with Crippen LogP contribution in [-0.2, 0) is 9.53 Å². The molecule has 0 radical (unpaired) electrons. The van der Waals surface area contributed by atoms with Gasteiger partial charge in [0.15, 0.2) is 0 Å². The van der Waals surface area contributed by atoms with Gasteiger partial charge in [-0.2, -0.15) is 26.3 Å². The van der Waals surface area contributed by atoms with Gasteiger partial charge in [-0.05, 0) is 12.8 Å². The molecule has 0 aliphatic carbocycles. The lowest BCUT2D eigenvalue weighted by Crippen LogP contribution is -2.57. The van der Waals surface area contributed by atoms with E-state index in [4.69, 9.17) is 5.11 Å². The lowest BCUT2D eigenvalue weighted by atomic mass is 9.90. The standard InChI is InChI=1S/C11H14F6O3/c1-6(2)8(18)20-5-7(3)4-9(19,10(12,13)14)11(15,16)17/h7,19H,1,4-5H2,2-3H3/t7-/m0/s1. The molecule has 0 aliphatic rings. The normalized spacial score (nSPS) is 14.8. The van der Waals surface area contributed by atoms with Crippen LogP contribution < -0.4 is 0 Å². The Morgan fingerprint density at radius 2 is 1.60 bits per heavy atom. The van der Waals surface area contributed by atoms with Gasteiger partial charge in [0.25, 0.3) is 5.60 Å². The molecule has 0 fully saturated rings. The maximum atomic E-state index is 12.4. The van der Waals surface area contributed by atoms with Crippen molar-refractivity contribution in [3.05, 3.63) is 12.2 Å². The van der Waals surface area contributed by atoms with E-state index < -0.39 is 42.9 Å². The average Bonchev–Trinajstić information content (AvgIpc) is 2.22. The minimum atomic E-state index is -5.88. The van der Waals surface area contributed by atoms with Gasteiger partial charge in [0.2, 0.25) is 0 Å². The van der Waals surface area contributed by atoms with Crippen molar-refractivity contribution >= 4 is 5.97 Å². The van der Waals surface area contributed by atoms with Crippen LogP contribution >= 0.6 is 0 Å². The summed E-state index contributed by atoms with van der Waals surface area (Å²) >= 11 is 0. The van der Waals surface area contributed by atoms with Gasteiger partial charge in [-0.1, -0.05) is 13.5 Å². The number of hydrogen-bond donors (Lipinski definition) is 1. The molecule has 118 valence electrons. The first-order valence-electron chi connectivity index (χ1n) is 5.41. The molecule has 0 saturated heterocycles. The Labute approximate surface area is 111 Å².